The van der Waals surface area contributed by atoms with E-state index in [9.17, 15) is 4.79 Å². The van der Waals surface area contributed by atoms with Gasteiger partial charge in [-0.2, -0.15) is 5.10 Å². The first-order valence-electron chi connectivity index (χ1n) is 9.02. The van der Waals surface area contributed by atoms with Crippen molar-refractivity contribution in [1.82, 2.24) is 19.7 Å². The number of anilines is 1. The van der Waals surface area contributed by atoms with Gasteiger partial charge >= 0.3 is 0 Å². The maximum absolute atomic E-state index is 13.1. The van der Waals surface area contributed by atoms with Crippen LogP contribution in [0.4, 0.5) is 5.13 Å². The molecule has 0 aromatic carbocycles. The number of furan rings is 1. The van der Waals surface area contributed by atoms with Crippen molar-refractivity contribution in [3.8, 4) is 11.3 Å². The molecule has 0 aliphatic carbocycles. The number of aromatic nitrogens is 4. The van der Waals surface area contributed by atoms with Crippen molar-refractivity contribution in [2.45, 2.75) is 40.7 Å². The number of carbonyl (C=O) groups is 1. The Kier molecular flexibility index (Phi) is 4.50. The number of hydrogen-bond donors (Lipinski definition) is 1. The van der Waals surface area contributed by atoms with Gasteiger partial charge in [-0.05, 0) is 46.8 Å². The zero-order valence-corrected chi connectivity index (χ0v) is 17.2. The molecule has 0 fully saturated rings. The number of amides is 1. The van der Waals surface area contributed by atoms with Crippen molar-refractivity contribution in [3.63, 3.8) is 0 Å². The maximum Gasteiger partial charge on any atom is 0.258 e. The number of rotatable bonds is 4. The van der Waals surface area contributed by atoms with Gasteiger partial charge in [-0.15, -0.1) is 11.3 Å². The predicted molar refractivity (Wildman–Crippen MR) is 110 cm³/mol. The molecule has 4 aromatic heterocycles. The van der Waals surface area contributed by atoms with E-state index in [0.717, 1.165) is 22.8 Å². The summed E-state index contributed by atoms with van der Waals surface area (Å²) in [5.41, 5.74) is 3.61. The predicted octanol–water partition coefficient (Wildman–Crippen LogP) is 4.91. The molecule has 0 saturated heterocycles. The molecular formula is C20H21N5O2S. The van der Waals surface area contributed by atoms with Crippen LogP contribution in [-0.2, 0) is 0 Å². The van der Waals surface area contributed by atoms with Gasteiger partial charge < -0.3 is 4.42 Å². The lowest BCUT2D eigenvalue weighted by atomic mass is 10.1. The summed E-state index contributed by atoms with van der Waals surface area (Å²) in [6.45, 7) is 9.75. The monoisotopic (exact) mass is 395 g/mol. The van der Waals surface area contributed by atoms with Gasteiger partial charge in [0.1, 0.15) is 11.5 Å². The van der Waals surface area contributed by atoms with E-state index < -0.39 is 0 Å². The molecule has 0 spiro atoms. The standard InChI is InChI=1S/C20H21N5O2S/c1-10(2)25-18-16(8-21-25)15(19(26)24-20-22-11(3)9-28-20)7-17(23-18)14-6-12(4)27-13(14)5/h6-10H,1-5H3,(H,22,24,26). The zero-order valence-electron chi connectivity index (χ0n) is 16.4. The number of hydrogen-bond acceptors (Lipinski definition) is 6. The third-order valence-corrected chi connectivity index (χ3v) is 5.33. The lowest BCUT2D eigenvalue weighted by molar-refractivity contribution is 0.102. The Labute approximate surface area is 166 Å². The molecule has 4 aromatic rings. The van der Waals surface area contributed by atoms with Crippen molar-refractivity contribution in [3.05, 3.63) is 46.5 Å². The summed E-state index contributed by atoms with van der Waals surface area (Å²) in [7, 11) is 0. The van der Waals surface area contributed by atoms with Gasteiger partial charge in [0.05, 0.1) is 28.5 Å². The third-order valence-electron chi connectivity index (χ3n) is 4.46. The fourth-order valence-electron chi connectivity index (χ4n) is 3.18. The Hall–Kier alpha value is -3.00. The van der Waals surface area contributed by atoms with Gasteiger partial charge in [0.2, 0.25) is 0 Å². The first kappa shape index (κ1) is 18.4. The van der Waals surface area contributed by atoms with Crippen LogP contribution in [0.1, 0.15) is 47.5 Å². The quantitative estimate of drug-likeness (QED) is 0.531. The average molecular weight is 395 g/mol. The highest BCUT2D eigenvalue weighted by Crippen LogP contribution is 2.30. The summed E-state index contributed by atoms with van der Waals surface area (Å²) in [4.78, 5) is 22.2. The van der Waals surface area contributed by atoms with Gasteiger partial charge in [0.25, 0.3) is 5.91 Å². The van der Waals surface area contributed by atoms with E-state index in [2.05, 4.69) is 15.4 Å². The fourth-order valence-corrected chi connectivity index (χ4v) is 3.87. The van der Waals surface area contributed by atoms with Gasteiger partial charge in [-0.25, -0.2) is 14.6 Å². The Morgan fingerprint density at radius 3 is 2.61 bits per heavy atom. The number of nitrogens with one attached hydrogen (secondary N) is 1. The summed E-state index contributed by atoms with van der Waals surface area (Å²) in [5, 5.41) is 10.5. The summed E-state index contributed by atoms with van der Waals surface area (Å²) in [6, 6.07) is 3.85. The van der Waals surface area contributed by atoms with Crippen LogP contribution in [0.3, 0.4) is 0 Å². The number of aryl methyl sites for hydroxylation is 3. The molecule has 7 nitrogen and oxygen atoms in total. The average Bonchev–Trinajstić information content (AvgIpc) is 3.32. The van der Waals surface area contributed by atoms with E-state index in [0.29, 0.717) is 27.4 Å². The SMILES string of the molecule is Cc1csc(NC(=O)c2cc(-c3cc(C)oc3C)nc3c2cnn3C(C)C)n1. The lowest BCUT2D eigenvalue weighted by Crippen LogP contribution is -2.13. The van der Waals surface area contributed by atoms with Crippen molar-refractivity contribution in [2.75, 3.05) is 5.32 Å². The second kappa shape index (κ2) is 6.87. The topological polar surface area (TPSA) is 85.8 Å². The van der Waals surface area contributed by atoms with E-state index in [1.54, 1.807) is 12.3 Å². The first-order chi connectivity index (χ1) is 13.3. The van der Waals surface area contributed by atoms with Crippen molar-refractivity contribution < 1.29 is 9.21 Å². The van der Waals surface area contributed by atoms with Crippen LogP contribution in [0.2, 0.25) is 0 Å². The van der Waals surface area contributed by atoms with Crippen LogP contribution in [0.15, 0.2) is 28.1 Å². The Morgan fingerprint density at radius 1 is 1.21 bits per heavy atom. The molecule has 0 aliphatic rings. The van der Waals surface area contributed by atoms with Crippen LogP contribution >= 0.6 is 11.3 Å². The van der Waals surface area contributed by atoms with Crippen molar-refractivity contribution in [2.24, 2.45) is 0 Å². The Bertz CT molecular complexity index is 1180. The molecule has 0 atom stereocenters. The highest BCUT2D eigenvalue weighted by atomic mass is 32.1. The molecule has 144 valence electrons. The lowest BCUT2D eigenvalue weighted by Gasteiger charge is -2.10. The molecule has 0 saturated carbocycles. The van der Waals surface area contributed by atoms with E-state index in [-0.39, 0.29) is 11.9 Å². The van der Waals surface area contributed by atoms with Crippen LogP contribution in [0.5, 0.6) is 0 Å². The second-order valence-electron chi connectivity index (χ2n) is 7.05. The minimum absolute atomic E-state index is 0.116. The molecular weight excluding hydrogens is 374 g/mol. The molecule has 4 rings (SSSR count). The molecule has 0 aliphatic heterocycles. The fraction of sp³-hybridized carbons (Fsp3) is 0.300. The largest absolute Gasteiger partial charge is 0.466 e. The molecule has 1 amide bonds. The van der Waals surface area contributed by atoms with Crippen LogP contribution in [0, 0.1) is 20.8 Å². The smallest absolute Gasteiger partial charge is 0.258 e. The molecule has 28 heavy (non-hydrogen) atoms. The van der Waals surface area contributed by atoms with Gasteiger partial charge in [-0.1, -0.05) is 0 Å². The summed E-state index contributed by atoms with van der Waals surface area (Å²) >= 11 is 1.40. The third kappa shape index (κ3) is 3.20. The Balaban J connectivity index is 1.88. The van der Waals surface area contributed by atoms with E-state index in [1.165, 1.54) is 11.3 Å². The van der Waals surface area contributed by atoms with Crippen molar-refractivity contribution in [1.29, 1.82) is 0 Å². The number of fused-ring (bicyclic) bond motifs is 1. The van der Waals surface area contributed by atoms with Crippen molar-refractivity contribution >= 4 is 33.4 Å². The summed E-state index contributed by atoms with van der Waals surface area (Å²) < 4.78 is 7.49. The zero-order chi connectivity index (χ0) is 20.0. The van der Waals surface area contributed by atoms with E-state index >= 15 is 0 Å². The van der Waals surface area contributed by atoms with E-state index in [1.807, 2.05) is 50.7 Å². The van der Waals surface area contributed by atoms with E-state index in [4.69, 9.17) is 9.40 Å². The van der Waals surface area contributed by atoms with Gasteiger partial charge in [0, 0.05) is 17.0 Å². The molecule has 0 unspecified atom stereocenters. The van der Waals surface area contributed by atoms with Crippen LogP contribution in [0.25, 0.3) is 22.3 Å². The molecule has 1 N–H and O–H groups in total. The van der Waals surface area contributed by atoms with Gasteiger partial charge in [0.15, 0.2) is 10.8 Å². The summed E-state index contributed by atoms with van der Waals surface area (Å²) in [5.74, 6) is 1.34. The second-order valence-corrected chi connectivity index (χ2v) is 7.91. The molecule has 0 bridgehead atoms. The van der Waals surface area contributed by atoms with Gasteiger partial charge in [-0.3, -0.25) is 10.1 Å². The normalized spacial score (nSPS) is 11.5. The first-order valence-corrected chi connectivity index (χ1v) is 9.90. The molecule has 4 heterocycles. The molecule has 8 heteroatoms. The van der Waals surface area contributed by atoms with Crippen LogP contribution < -0.4 is 5.32 Å². The highest BCUT2D eigenvalue weighted by molar-refractivity contribution is 7.13. The number of nitrogens with zero attached hydrogens (tertiary/aromatic N) is 4. The number of pyridine rings is 1. The summed E-state index contributed by atoms with van der Waals surface area (Å²) in [6.07, 6.45) is 1.70. The van der Waals surface area contributed by atoms with Crippen LogP contribution in [-0.4, -0.2) is 25.7 Å². The number of carbonyl (C=O) groups excluding carboxylic acids is 1. The minimum Gasteiger partial charge on any atom is -0.466 e. The molecule has 0 radical (unpaired) electrons. The Morgan fingerprint density at radius 2 is 2.00 bits per heavy atom. The maximum atomic E-state index is 13.1. The highest BCUT2D eigenvalue weighted by Gasteiger charge is 2.21. The minimum atomic E-state index is -0.232. The number of thiazole rings is 1.